The Morgan fingerprint density at radius 1 is 1.21 bits per heavy atom. The summed E-state index contributed by atoms with van der Waals surface area (Å²) in [7, 11) is 0. The van der Waals surface area contributed by atoms with Gasteiger partial charge in [-0.3, -0.25) is 0 Å². The van der Waals surface area contributed by atoms with Gasteiger partial charge in [0.2, 0.25) is 0 Å². The Balaban J connectivity index is 3.40. The molecule has 0 aliphatic heterocycles. The van der Waals surface area contributed by atoms with Crippen molar-refractivity contribution in [3.63, 3.8) is 0 Å². The Hall–Kier alpha value is -0.700. The topological polar surface area (TPSA) is 0 Å². The van der Waals surface area contributed by atoms with Crippen LogP contribution >= 0.6 is 11.6 Å². The van der Waals surface area contributed by atoms with Gasteiger partial charge in [-0.2, -0.15) is 13.2 Å². The molecule has 0 heterocycles. The van der Waals surface area contributed by atoms with Gasteiger partial charge < -0.3 is 0 Å². The first kappa shape index (κ1) is 11.4. The van der Waals surface area contributed by atoms with Crippen LogP contribution in [0.25, 0.3) is 0 Å². The van der Waals surface area contributed by atoms with Crippen LogP contribution in [0.1, 0.15) is 22.3 Å². The molecule has 0 spiro atoms. The third-order valence-electron chi connectivity index (χ3n) is 2.21. The number of hydrogen-bond donors (Lipinski definition) is 0. The van der Waals surface area contributed by atoms with Crippen molar-refractivity contribution < 1.29 is 13.2 Å². The molecular weight excluding hydrogens is 213 g/mol. The SMILES string of the molecule is Cc1ccc(CCl)c(C)c1C(F)(F)F. The van der Waals surface area contributed by atoms with Crippen LogP contribution in [0.3, 0.4) is 0 Å². The number of rotatable bonds is 1. The van der Waals surface area contributed by atoms with Crippen LogP contribution in [0.5, 0.6) is 0 Å². The summed E-state index contributed by atoms with van der Waals surface area (Å²) in [6, 6.07) is 3.08. The number of benzene rings is 1. The van der Waals surface area contributed by atoms with Gasteiger partial charge in [0.1, 0.15) is 0 Å². The fourth-order valence-corrected chi connectivity index (χ4v) is 1.76. The molecule has 0 radical (unpaired) electrons. The molecular formula is C10H10ClF3. The number of alkyl halides is 4. The first-order chi connectivity index (χ1) is 6.38. The van der Waals surface area contributed by atoms with E-state index in [1.165, 1.54) is 19.9 Å². The Morgan fingerprint density at radius 2 is 1.79 bits per heavy atom. The molecule has 0 N–H and O–H groups in total. The maximum Gasteiger partial charge on any atom is 0.416 e. The van der Waals surface area contributed by atoms with E-state index < -0.39 is 11.7 Å². The molecule has 0 bridgehead atoms. The average Bonchev–Trinajstić information content (AvgIpc) is 2.02. The second-order valence-electron chi connectivity index (χ2n) is 3.17. The van der Waals surface area contributed by atoms with Gasteiger partial charge in [0.25, 0.3) is 0 Å². The quantitative estimate of drug-likeness (QED) is 0.629. The van der Waals surface area contributed by atoms with Gasteiger partial charge in [0.15, 0.2) is 0 Å². The molecule has 14 heavy (non-hydrogen) atoms. The minimum absolute atomic E-state index is 0.106. The molecule has 0 nitrogen and oxygen atoms in total. The first-order valence-electron chi connectivity index (χ1n) is 4.10. The van der Waals surface area contributed by atoms with Crippen LogP contribution < -0.4 is 0 Å². The number of halogens is 4. The second-order valence-corrected chi connectivity index (χ2v) is 3.44. The summed E-state index contributed by atoms with van der Waals surface area (Å²) >= 11 is 5.54. The van der Waals surface area contributed by atoms with E-state index in [9.17, 15) is 13.2 Å². The van der Waals surface area contributed by atoms with Crippen molar-refractivity contribution in [2.75, 3.05) is 0 Å². The lowest BCUT2D eigenvalue weighted by Gasteiger charge is -2.15. The third-order valence-corrected chi connectivity index (χ3v) is 2.50. The largest absolute Gasteiger partial charge is 0.416 e. The van der Waals surface area contributed by atoms with Gasteiger partial charge in [-0.25, -0.2) is 0 Å². The normalized spacial score (nSPS) is 11.9. The summed E-state index contributed by atoms with van der Waals surface area (Å²) in [4.78, 5) is 0. The maximum atomic E-state index is 12.6. The van der Waals surface area contributed by atoms with Crippen molar-refractivity contribution in [3.8, 4) is 0 Å². The molecule has 0 fully saturated rings. The zero-order chi connectivity index (χ0) is 10.9. The standard InChI is InChI=1S/C10H10ClF3/c1-6-3-4-8(5-11)7(2)9(6)10(12,13)14/h3-4H,5H2,1-2H3. The minimum Gasteiger partial charge on any atom is -0.166 e. The van der Waals surface area contributed by atoms with E-state index >= 15 is 0 Å². The van der Waals surface area contributed by atoms with Gasteiger partial charge in [0, 0.05) is 5.88 Å². The zero-order valence-corrected chi connectivity index (χ0v) is 8.63. The molecule has 0 aliphatic carbocycles. The molecule has 1 rings (SSSR count). The molecule has 0 unspecified atom stereocenters. The highest BCUT2D eigenvalue weighted by atomic mass is 35.5. The molecule has 78 valence electrons. The molecule has 1 aromatic carbocycles. The Bertz CT molecular complexity index is 342. The van der Waals surface area contributed by atoms with Gasteiger partial charge in [-0.1, -0.05) is 12.1 Å². The van der Waals surface area contributed by atoms with Crippen molar-refractivity contribution in [3.05, 3.63) is 34.4 Å². The van der Waals surface area contributed by atoms with E-state index in [4.69, 9.17) is 11.6 Å². The summed E-state index contributed by atoms with van der Waals surface area (Å²) < 4.78 is 37.7. The van der Waals surface area contributed by atoms with Gasteiger partial charge in [0.05, 0.1) is 5.56 Å². The Kier molecular flexibility index (Phi) is 3.10. The van der Waals surface area contributed by atoms with Crippen LogP contribution in [0.15, 0.2) is 12.1 Å². The highest BCUT2D eigenvalue weighted by Gasteiger charge is 2.34. The van der Waals surface area contributed by atoms with Crippen LogP contribution in [0.2, 0.25) is 0 Å². The van der Waals surface area contributed by atoms with E-state index in [-0.39, 0.29) is 17.0 Å². The molecule has 1 aromatic rings. The highest BCUT2D eigenvalue weighted by molar-refractivity contribution is 6.17. The van der Waals surface area contributed by atoms with Gasteiger partial charge >= 0.3 is 6.18 Å². The highest BCUT2D eigenvalue weighted by Crippen LogP contribution is 2.35. The van der Waals surface area contributed by atoms with Crippen molar-refractivity contribution >= 4 is 11.6 Å². The predicted octanol–water partition coefficient (Wildman–Crippen LogP) is 4.06. The molecule has 0 aromatic heterocycles. The van der Waals surface area contributed by atoms with Crippen LogP contribution in [-0.4, -0.2) is 0 Å². The van der Waals surface area contributed by atoms with Gasteiger partial charge in [-0.05, 0) is 30.5 Å². The maximum absolute atomic E-state index is 12.6. The lowest BCUT2D eigenvalue weighted by atomic mass is 9.98. The Labute approximate surface area is 85.7 Å². The van der Waals surface area contributed by atoms with Crippen molar-refractivity contribution in [1.82, 2.24) is 0 Å². The lowest BCUT2D eigenvalue weighted by Crippen LogP contribution is -2.11. The fourth-order valence-electron chi connectivity index (χ4n) is 1.47. The molecule has 0 saturated carbocycles. The smallest absolute Gasteiger partial charge is 0.166 e. The van der Waals surface area contributed by atoms with Crippen molar-refractivity contribution in [2.45, 2.75) is 25.9 Å². The van der Waals surface area contributed by atoms with E-state index in [0.717, 1.165) is 0 Å². The van der Waals surface area contributed by atoms with Crippen LogP contribution in [-0.2, 0) is 12.1 Å². The average molecular weight is 223 g/mol. The van der Waals surface area contributed by atoms with E-state index in [1.54, 1.807) is 6.07 Å². The first-order valence-corrected chi connectivity index (χ1v) is 4.63. The summed E-state index contributed by atoms with van der Waals surface area (Å²) in [5, 5.41) is 0. The summed E-state index contributed by atoms with van der Waals surface area (Å²) in [6.45, 7) is 2.90. The zero-order valence-electron chi connectivity index (χ0n) is 7.87. The van der Waals surface area contributed by atoms with Crippen molar-refractivity contribution in [1.29, 1.82) is 0 Å². The molecule has 0 saturated heterocycles. The van der Waals surface area contributed by atoms with E-state index in [2.05, 4.69) is 0 Å². The monoisotopic (exact) mass is 222 g/mol. The molecule has 4 heteroatoms. The van der Waals surface area contributed by atoms with Gasteiger partial charge in [-0.15, -0.1) is 11.6 Å². The third kappa shape index (κ3) is 2.03. The Morgan fingerprint density at radius 3 is 2.21 bits per heavy atom. The molecule has 0 amide bonds. The molecule has 0 atom stereocenters. The lowest BCUT2D eigenvalue weighted by molar-refractivity contribution is -0.138. The van der Waals surface area contributed by atoms with Crippen LogP contribution in [0, 0.1) is 13.8 Å². The summed E-state index contributed by atoms with van der Waals surface area (Å²) in [6.07, 6.45) is -4.30. The second kappa shape index (κ2) is 3.81. The van der Waals surface area contributed by atoms with Crippen molar-refractivity contribution in [2.24, 2.45) is 0 Å². The summed E-state index contributed by atoms with van der Waals surface area (Å²) in [5.41, 5.74) is 0.441. The predicted molar refractivity (Wildman–Crippen MR) is 50.5 cm³/mol. The number of hydrogen-bond acceptors (Lipinski definition) is 0. The van der Waals surface area contributed by atoms with Crippen LogP contribution in [0.4, 0.5) is 13.2 Å². The minimum atomic E-state index is -4.30. The van der Waals surface area contributed by atoms with E-state index in [0.29, 0.717) is 5.56 Å². The fraction of sp³-hybridized carbons (Fsp3) is 0.400. The number of aryl methyl sites for hydroxylation is 1. The molecule has 0 aliphatic rings. The van der Waals surface area contributed by atoms with E-state index in [1.807, 2.05) is 0 Å². The summed E-state index contributed by atoms with van der Waals surface area (Å²) in [5.74, 6) is 0.106.